The summed E-state index contributed by atoms with van der Waals surface area (Å²) in [5, 5.41) is 6.89. The third-order valence-electron chi connectivity index (χ3n) is 4.14. The van der Waals surface area contributed by atoms with Crippen LogP contribution in [0.2, 0.25) is 0 Å². The first-order valence-electron chi connectivity index (χ1n) is 8.10. The van der Waals surface area contributed by atoms with Gasteiger partial charge in [-0.15, -0.1) is 12.4 Å². The average molecular weight is 352 g/mol. The van der Waals surface area contributed by atoms with Crippen LogP contribution in [0.1, 0.15) is 61.2 Å². The molecule has 0 aliphatic rings. The molecule has 2 rings (SSSR count). The van der Waals surface area contributed by atoms with Crippen molar-refractivity contribution in [2.75, 3.05) is 0 Å². The second kappa shape index (κ2) is 9.45. The van der Waals surface area contributed by atoms with Crippen LogP contribution in [0, 0.1) is 6.92 Å². The summed E-state index contributed by atoms with van der Waals surface area (Å²) in [5.74, 6) is 0.823. The number of aryl methyl sites for hydroxylation is 1. The fourth-order valence-corrected chi connectivity index (χ4v) is 2.52. The van der Waals surface area contributed by atoms with Gasteiger partial charge < -0.3 is 15.6 Å². The first kappa shape index (κ1) is 20.2. The number of carbonyl (C=O) groups excluding carboxylic acids is 1. The molecular weight excluding hydrogens is 326 g/mol. The van der Waals surface area contributed by atoms with E-state index in [1.807, 2.05) is 37.3 Å². The Hall–Kier alpha value is -1.85. The van der Waals surface area contributed by atoms with E-state index in [9.17, 15) is 4.79 Å². The molecule has 0 radical (unpaired) electrons. The van der Waals surface area contributed by atoms with Crippen LogP contribution >= 0.6 is 12.4 Å². The minimum Gasteiger partial charge on any atom is -0.359 e. The van der Waals surface area contributed by atoms with Crippen molar-refractivity contribution >= 4 is 18.3 Å². The lowest BCUT2D eigenvalue weighted by Gasteiger charge is -2.12. The molecule has 0 saturated heterocycles. The Balaban J connectivity index is 0.00000288. The van der Waals surface area contributed by atoms with Gasteiger partial charge in [0.25, 0.3) is 0 Å². The molecule has 24 heavy (non-hydrogen) atoms. The number of benzene rings is 1. The second-order valence-corrected chi connectivity index (χ2v) is 5.84. The van der Waals surface area contributed by atoms with Gasteiger partial charge in [-0.1, -0.05) is 48.8 Å². The lowest BCUT2D eigenvalue weighted by molar-refractivity contribution is -0.122. The van der Waals surface area contributed by atoms with Gasteiger partial charge in [0.15, 0.2) is 5.76 Å². The molecule has 0 bridgehead atoms. The maximum atomic E-state index is 12.2. The van der Waals surface area contributed by atoms with Crippen molar-refractivity contribution in [3.8, 4) is 0 Å². The Morgan fingerprint density at radius 1 is 1.25 bits per heavy atom. The fourth-order valence-electron chi connectivity index (χ4n) is 2.52. The van der Waals surface area contributed by atoms with Crippen molar-refractivity contribution in [2.24, 2.45) is 5.73 Å². The van der Waals surface area contributed by atoms with E-state index in [4.69, 9.17) is 10.3 Å². The highest BCUT2D eigenvalue weighted by Crippen LogP contribution is 2.22. The Morgan fingerprint density at radius 2 is 1.88 bits per heavy atom. The van der Waals surface area contributed by atoms with Crippen LogP contribution in [0.25, 0.3) is 0 Å². The molecule has 0 fully saturated rings. The van der Waals surface area contributed by atoms with Gasteiger partial charge in [-0.25, -0.2) is 0 Å². The first-order valence-corrected chi connectivity index (χ1v) is 8.10. The zero-order chi connectivity index (χ0) is 16.8. The number of nitrogens with one attached hydrogen (secondary N) is 1. The number of nitrogens with zero attached hydrogens (tertiary/aromatic N) is 1. The molecule has 1 aromatic heterocycles. The summed E-state index contributed by atoms with van der Waals surface area (Å²) in [7, 11) is 0. The molecule has 0 aliphatic heterocycles. The smallest absolute Gasteiger partial charge is 0.241 e. The molecule has 3 N–H and O–H groups in total. The van der Waals surface area contributed by atoms with Crippen LogP contribution in [0.5, 0.6) is 0 Å². The minimum absolute atomic E-state index is 0. The molecule has 5 nitrogen and oxygen atoms in total. The number of carbonyl (C=O) groups is 1. The van der Waals surface area contributed by atoms with Crippen molar-refractivity contribution in [3.63, 3.8) is 0 Å². The predicted octanol–water partition coefficient (Wildman–Crippen LogP) is 3.62. The lowest BCUT2D eigenvalue weighted by atomic mass is 9.99. The molecule has 0 aliphatic carbocycles. The summed E-state index contributed by atoms with van der Waals surface area (Å²) in [6.07, 6.45) is 2.04. The normalized spacial score (nSPS) is 11.9. The molecular formula is C18H26ClN3O2. The molecule has 1 atom stereocenters. The van der Waals surface area contributed by atoms with Crippen molar-refractivity contribution in [3.05, 3.63) is 52.9 Å². The molecule has 1 amide bonds. The van der Waals surface area contributed by atoms with Gasteiger partial charge in [-0.05, 0) is 25.3 Å². The summed E-state index contributed by atoms with van der Waals surface area (Å²) in [6.45, 7) is 6.55. The zero-order valence-electron chi connectivity index (χ0n) is 14.4. The van der Waals surface area contributed by atoms with Gasteiger partial charge in [0.1, 0.15) is 6.04 Å². The standard InChI is InChI=1S/C18H25N3O2.ClH/c1-4-13(5-2)16-10-15(23-21-16)11-20-18(22)17(19)14-8-6-12(3)7-9-14;/h6-10,13,17H,4-5,11,19H2,1-3H3,(H,20,22);1H. The van der Waals surface area contributed by atoms with Crippen molar-refractivity contribution in [2.45, 2.75) is 52.1 Å². The Labute approximate surface area is 149 Å². The number of hydrogen-bond acceptors (Lipinski definition) is 4. The van der Waals surface area contributed by atoms with Crippen LogP contribution in [-0.4, -0.2) is 11.1 Å². The Bertz CT molecular complexity index is 636. The summed E-state index contributed by atoms with van der Waals surface area (Å²) in [5.41, 5.74) is 8.87. The highest BCUT2D eigenvalue weighted by atomic mass is 35.5. The van der Waals surface area contributed by atoms with E-state index in [-0.39, 0.29) is 18.3 Å². The quantitative estimate of drug-likeness (QED) is 0.798. The van der Waals surface area contributed by atoms with E-state index in [1.165, 1.54) is 0 Å². The summed E-state index contributed by atoms with van der Waals surface area (Å²) < 4.78 is 5.30. The van der Waals surface area contributed by atoms with E-state index in [0.29, 0.717) is 18.2 Å². The van der Waals surface area contributed by atoms with E-state index in [1.54, 1.807) is 0 Å². The minimum atomic E-state index is -0.683. The Kier molecular flexibility index (Phi) is 7.95. The summed E-state index contributed by atoms with van der Waals surface area (Å²) in [4.78, 5) is 12.2. The van der Waals surface area contributed by atoms with Gasteiger partial charge in [0.2, 0.25) is 5.91 Å². The largest absolute Gasteiger partial charge is 0.359 e. The highest BCUT2D eigenvalue weighted by Gasteiger charge is 2.17. The van der Waals surface area contributed by atoms with Gasteiger partial charge >= 0.3 is 0 Å². The number of rotatable bonds is 7. The molecule has 1 unspecified atom stereocenters. The summed E-state index contributed by atoms with van der Waals surface area (Å²) >= 11 is 0. The highest BCUT2D eigenvalue weighted by molar-refractivity contribution is 5.85. The maximum absolute atomic E-state index is 12.2. The average Bonchev–Trinajstić information content (AvgIpc) is 3.02. The van der Waals surface area contributed by atoms with Gasteiger partial charge in [-0.2, -0.15) is 0 Å². The van der Waals surface area contributed by atoms with Crippen LogP contribution in [0.4, 0.5) is 0 Å². The van der Waals surface area contributed by atoms with Gasteiger partial charge in [-0.3, -0.25) is 4.79 Å². The molecule has 1 aromatic carbocycles. The number of halogens is 1. The monoisotopic (exact) mass is 351 g/mol. The number of amides is 1. The number of aromatic nitrogens is 1. The molecule has 0 saturated carbocycles. The van der Waals surface area contributed by atoms with Gasteiger partial charge in [0, 0.05) is 12.0 Å². The molecule has 0 spiro atoms. The number of hydrogen-bond donors (Lipinski definition) is 2. The predicted molar refractivity (Wildman–Crippen MR) is 97.0 cm³/mol. The third kappa shape index (κ3) is 5.08. The van der Waals surface area contributed by atoms with Gasteiger partial charge in [0.05, 0.1) is 12.2 Å². The first-order chi connectivity index (χ1) is 11.0. The third-order valence-corrected chi connectivity index (χ3v) is 4.14. The zero-order valence-corrected chi connectivity index (χ0v) is 15.2. The van der Waals surface area contributed by atoms with Crippen LogP contribution in [0.3, 0.4) is 0 Å². The van der Waals surface area contributed by atoms with E-state index in [0.717, 1.165) is 29.7 Å². The maximum Gasteiger partial charge on any atom is 0.241 e. The van der Waals surface area contributed by atoms with Crippen molar-refractivity contribution in [1.29, 1.82) is 0 Å². The van der Waals surface area contributed by atoms with Crippen molar-refractivity contribution in [1.82, 2.24) is 10.5 Å². The van der Waals surface area contributed by atoms with E-state index in [2.05, 4.69) is 24.3 Å². The SMILES string of the molecule is CCC(CC)c1cc(CNC(=O)C(N)c2ccc(C)cc2)on1.Cl. The van der Waals surface area contributed by atoms with Crippen molar-refractivity contribution < 1.29 is 9.32 Å². The number of nitrogens with two attached hydrogens (primary N) is 1. The van der Waals surface area contributed by atoms with E-state index >= 15 is 0 Å². The Morgan fingerprint density at radius 3 is 2.46 bits per heavy atom. The molecule has 1 heterocycles. The fraction of sp³-hybridized carbons (Fsp3) is 0.444. The molecule has 132 valence electrons. The van der Waals surface area contributed by atoms with Crippen LogP contribution < -0.4 is 11.1 Å². The van der Waals surface area contributed by atoms with Crippen LogP contribution in [-0.2, 0) is 11.3 Å². The summed E-state index contributed by atoms with van der Waals surface area (Å²) in [6, 6.07) is 8.87. The topological polar surface area (TPSA) is 81.2 Å². The van der Waals surface area contributed by atoms with E-state index < -0.39 is 6.04 Å². The van der Waals surface area contributed by atoms with Crippen LogP contribution in [0.15, 0.2) is 34.9 Å². The second-order valence-electron chi connectivity index (χ2n) is 5.84. The molecule has 6 heteroatoms. The molecule has 2 aromatic rings. The lowest BCUT2D eigenvalue weighted by Crippen LogP contribution is -2.33.